The van der Waals surface area contributed by atoms with E-state index in [9.17, 15) is 4.79 Å². The minimum atomic E-state index is -0.406. The van der Waals surface area contributed by atoms with E-state index in [-0.39, 0.29) is 24.9 Å². The Bertz CT molecular complexity index is 170. The van der Waals surface area contributed by atoms with E-state index in [1.165, 1.54) is 0 Å². The van der Waals surface area contributed by atoms with Gasteiger partial charge in [0.05, 0.1) is 6.61 Å². The van der Waals surface area contributed by atoms with Crippen molar-refractivity contribution in [3.05, 3.63) is 5.32 Å². The molecule has 0 aromatic carbocycles. The fraction of sp³-hybridized carbons (Fsp3) is 0.889. The molecule has 0 unspecified atom stereocenters. The predicted molar refractivity (Wildman–Crippen MR) is 50.9 cm³/mol. The molecule has 14 heavy (non-hydrogen) atoms. The number of piperidine rings is 1. The maximum absolute atomic E-state index is 11.0. The van der Waals surface area contributed by atoms with E-state index in [0.717, 1.165) is 25.9 Å². The van der Waals surface area contributed by atoms with Crippen LogP contribution in [0.25, 0.3) is 5.32 Å². The van der Waals surface area contributed by atoms with E-state index in [1.807, 2.05) is 0 Å². The Morgan fingerprint density at radius 2 is 2.07 bits per heavy atom. The number of likely N-dealkylation sites (tertiary alicyclic amines) is 1. The van der Waals surface area contributed by atoms with Crippen molar-refractivity contribution >= 4 is 6.09 Å². The second kappa shape index (κ2) is 7.16. The summed E-state index contributed by atoms with van der Waals surface area (Å²) in [6.07, 6.45) is 1.53. The van der Waals surface area contributed by atoms with Crippen LogP contribution < -0.4 is 18.9 Å². The van der Waals surface area contributed by atoms with E-state index in [0.29, 0.717) is 6.61 Å². The molecular formula is C9H17LiN2O2. The molecule has 0 radical (unpaired) electrons. The Morgan fingerprint density at radius 1 is 1.50 bits per heavy atom. The van der Waals surface area contributed by atoms with Crippen LogP contribution in [0.3, 0.4) is 0 Å². The number of carbonyl (C=O) groups excluding carboxylic acids is 1. The first-order chi connectivity index (χ1) is 6.22. The van der Waals surface area contributed by atoms with Gasteiger partial charge in [0.2, 0.25) is 6.09 Å². The van der Waals surface area contributed by atoms with Crippen molar-refractivity contribution in [2.75, 3.05) is 26.7 Å². The topological polar surface area (TPSA) is 43.6 Å². The van der Waals surface area contributed by atoms with Crippen LogP contribution >= 0.6 is 0 Å². The van der Waals surface area contributed by atoms with Crippen molar-refractivity contribution in [2.45, 2.75) is 25.8 Å². The average Bonchev–Trinajstić information content (AvgIpc) is 2.09. The van der Waals surface area contributed by atoms with Gasteiger partial charge in [0.1, 0.15) is 0 Å². The van der Waals surface area contributed by atoms with Gasteiger partial charge in [0.15, 0.2) is 0 Å². The summed E-state index contributed by atoms with van der Waals surface area (Å²) in [5.41, 5.74) is 0. The van der Waals surface area contributed by atoms with Gasteiger partial charge in [-0.25, -0.2) is 0 Å². The number of hydrogen-bond donors (Lipinski definition) is 0. The van der Waals surface area contributed by atoms with Crippen molar-refractivity contribution in [1.82, 2.24) is 4.90 Å². The van der Waals surface area contributed by atoms with E-state index in [2.05, 4.69) is 17.3 Å². The van der Waals surface area contributed by atoms with Crippen LogP contribution in [0.1, 0.15) is 19.8 Å². The average molecular weight is 192 g/mol. The summed E-state index contributed by atoms with van der Waals surface area (Å²) in [5, 5.41) is 3.97. The van der Waals surface area contributed by atoms with Crippen molar-refractivity contribution < 1.29 is 28.4 Å². The van der Waals surface area contributed by atoms with Gasteiger partial charge in [0, 0.05) is 0 Å². The molecule has 76 valence electrons. The summed E-state index contributed by atoms with van der Waals surface area (Å²) in [5.74, 6) is 0. The molecule has 0 spiro atoms. The zero-order chi connectivity index (χ0) is 9.68. The third kappa shape index (κ3) is 4.90. The van der Waals surface area contributed by atoms with Gasteiger partial charge in [-0.15, -0.1) is 6.04 Å². The summed E-state index contributed by atoms with van der Waals surface area (Å²) in [6, 6.07) is 0.176. The molecule has 1 saturated heterocycles. The number of nitrogens with zero attached hydrogens (tertiary/aromatic N) is 2. The minimum Gasteiger partial charge on any atom is -0.615 e. The predicted octanol–water partition coefficient (Wildman–Crippen LogP) is -1.39. The number of rotatable bonds is 2. The van der Waals surface area contributed by atoms with Crippen LogP contribution in [0, 0.1) is 0 Å². The first kappa shape index (κ1) is 13.8. The number of ether oxygens (including phenoxy) is 1. The van der Waals surface area contributed by atoms with E-state index in [1.54, 1.807) is 6.92 Å². The molecule has 4 nitrogen and oxygen atoms in total. The Kier molecular flexibility index (Phi) is 7.07. The molecule has 1 aliphatic rings. The van der Waals surface area contributed by atoms with E-state index in [4.69, 9.17) is 4.74 Å². The first-order valence-electron chi connectivity index (χ1n) is 4.78. The summed E-state index contributed by atoms with van der Waals surface area (Å²) >= 11 is 0. The molecule has 0 N–H and O–H groups in total. The second-order valence-corrected chi connectivity index (χ2v) is 3.36. The normalized spacial score (nSPS) is 18.4. The van der Waals surface area contributed by atoms with Crippen molar-refractivity contribution in [1.29, 1.82) is 0 Å². The summed E-state index contributed by atoms with van der Waals surface area (Å²) in [6.45, 7) is 4.25. The molecule has 1 amide bonds. The van der Waals surface area contributed by atoms with Crippen LogP contribution in [0.5, 0.6) is 0 Å². The second-order valence-electron chi connectivity index (χ2n) is 3.36. The van der Waals surface area contributed by atoms with Gasteiger partial charge in [-0.05, 0) is 27.1 Å². The fourth-order valence-electron chi connectivity index (χ4n) is 1.43. The standard InChI is InChI=1S/C9H18N2O2.Li/c1-3-13-9(12)10-8-4-6-11(2)7-5-8;/h8H,3-7H2,1-2H3,(H,10,12);/q;+1/p-1. The van der Waals surface area contributed by atoms with Crippen LogP contribution in [0.15, 0.2) is 0 Å². The van der Waals surface area contributed by atoms with Gasteiger partial charge < -0.3 is 15.0 Å². The largest absolute Gasteiger partial charge is 1.00 e. The van der Waals surface area contributed by atoms with Gasteiger partial charge in [-0.1, -0.05) is 12.8 Å². The molecule has 0 aromatic heterocycles. The maximum Gasteiger partial charge on any atom is 1.00 e. The van der Waals surface area contributed by atoms with Crippen LogP contribution in [0.4, 0.5) is 4.79 Å². The van der Waals surface area contributed by atoms with Crippen molar-refractivity contribution in [3.63, 3.8) is 0 Å². The van der Waals surface area contributed by atoms with E-state index < -0.39 is 6.09 Å². The van der Waals surface area contributed by atoms with Crippen LogP contribution in [-0.4, -0.2) is 43.8 Å². The van der Waals surface area contributed by atoms with E-state index >= 15 is 0 Å². The SMILES string of the molecule is CCOC(=O)[N-]C1CCN(C)CC1.[Li+]. The van der Waals surface area contributed by atoms with Crippen molar-refractivity contribution in [2.24, 2.45) is 0 Å². The summed E-state index contributed by atoms with van der Waals surface area (Å²) in [4.78, 5) is 13.2. The Labute approximate surface area is 97.5 Å². The van der Waals surface area contributed by atoms with Gasteiger partial charge in [0.25, 0.3) is 0 Å². The summed E-state index contributed by atoms with van der Waals surface area (Å²) in [7, 11) is 2.08. The number of hydrogen-bond acceptors (Lipinski definition) is 3. The molecule has 1 fully saturated rings. The molecule has 1 aliphatic heterocycles. The maximum atomic E-state index is 11.0. The smallest absolute Gasteiger partial charge is 0.615 e. The molecule has 0 atom stereocenters. The zero-order valence-electron chi connectivity index (χ0n) is 9.32. The number of amides is 1. The first-order valence-corrected chi connectivity index (χ1v) is 4.78. The molecule has 0 saturated carbocycles. The van der Waals surface area contributed by atoms with Crippen LogP contribution in [-0.2, 0) is 4.74 Å². The molecule has 5 heteroatoms. The zero-order valence-corrected chi connectivity index (χ0v) is 9.32. The van der Waals surface area contributed by atoms with Gasteiger partial charge in [-0.2, -0.15) is 0 Å². The molecule has 0 bridgehead atoms. The molecule has 0 aliphatic carbocycles. The Balaban J connectivity index is 0.00000169. The Hall–Kier alpha value is -0.173. The van der Waals surface area contributed by atoms with Crippen LogP contribution in [0.2, 0.25) is 0 Å². The monoisotopic (exact) mass is 192 g/mol. The molecule has 0 aromatic rings. The van der Waals surface area contributed by atoms with Gasteiger partial charge in [-0.3, -0.25) is 4.79 Å². The third-order valence-electron chi connectivity index (χ3n) is 2.24. The Morgan fingerprint density at radius 3 is 2.57 bits per heavy atom. The molecule has 1 rings (SSSR count). The van der Waals surface area contributed by atoms with Crippen molar-refractivity contribution in [3.8, 4) is 0 Å². The third-order valence-corrected chi connectivity index (χ3v) is 2.24. The fourth-order valence-corrected chi connectivity index (χ4v) is 1.43. The molecular weight excluding hydrogens is 175 g/mol. The quantitative estimate of drug-likeness (QED) is 0.506. The number of carbonyl (C=O) groups is 1. The molecule has 1 heterocycles. The van der Waals surface area contributed by atoms with Gasteiger partial charge >= 0.3 is 18.9 Å². The summed E-state index contributed by atoms with van der Waals surface area (Å²) < 4.78 is 4.75. The minimum absolute atomic E-state index is 0.